The van der Waals surface area contributed by atoms with Crippen LogP contribution in [0.1, 0.15) is 31.2 Å². The van der Waals surface area contributed by atoms with Crippen molar-refractivity contribution in [2.45, 2.75) is 32.6 Å². The molecule has 1 fully saturated rings. The molecule has 1 aliphatic heterocycles. The highest BCUT2D eigenvalue weighted by Crippen LogP contribution is 2.22. The summed E-state index contributed by atoms with van der Waals surface area (Å²) in [6, 6.07) is 1.96. The van der Waals surface area contributed by atoms with E-state index in [0.717, 1.165) is 42.9 Å². The van der Waals surface area contributed by atoms with Crippen molar-refractivity contribution in [3.8, 4) is 11.4 Å². The molecule has 2 aromatic rings. The van der Waals surface area contributed by atoms with Crippen molar-refractivity contribution in [2.24, 2.45) is 5.92 Å². The van der Waals surface area contributed by atoms with E-state index >= 15 is 0 Å². The van der Waals surface area contributed by atoms with Crippen LogP contribution in [0, 0.1) is 5.92 Å². The lowest BCUT2D eigenvalue weighted by Gasteiger charge is -2.20. The van der Waals surface area contributed by atoms with Gasteiger partial charge in [-0.1, -0.05) is 12.1 Å². The van der Waals surface area contributed by atoms with Crippen LogP contribution in [0.25, 0.3) is 11.4 Å². The molecule has 1 aliphatic rings. The number of rotatable bonds is 4. The molecule has 0 saturated carbocycles. The number of hydrogen-bond acceptors (Lipinski definition) is 5. The maximum absolute atomic E-state index is 5.42. The molecule has 5 nitrogen and oxygen atoms in total. The number of aryl methyl sites for hydroxylation is 1. The Morgan fingerprint density at radius 2 is 2.20 bits per heavy atom. The molecular formula is C15H20N4O. The third-order valence-electron chi connectivity index (χ3n) is 3.92. The molecule has 0 radical (unpaired) electrons. The van der Waals surface area contributed by atoms with Gasteiger partial charge in [-0.05, 0) is 49.9 Å². The number of nitrogens with zero attached hydrogens (tertiary/aromatic N) is 3. The summed E-state index contributed by atoms with van der Waals surface area (Å²) < 4.78 is 5.42. The normalized spacial score (nSPS) is 16.4. The Morgan fingerprint density at radius 1 is 1.35 bits per heavy atom. The van der Waals surface area contributed by atoms with E-state index in [-0.39, 0.29) is 0 Å². The van der Waals surface area contributed by atoms with Gasteiger partial charge in [0.15, 0.2) is 0 Å². The largest absolute Gasteiger partial charge is 0.339 e. The van der Waals surface area contributed by atoms with Crippen molar-refractivity contribution in [1.29, 1.82) is 0 Å². The Balaban J connectivity index is 1.75. The van der Waals surface area contributed by atoms with E-state index in [4.69, 9.17) is 4.52 Å². The van der Waals surface area contributed by atoms with E-state index in [2.05, 4.69) is 27.4 Å². The second-order valence-electron chi connectivity index (χ2n) is 5.30. The maximum atomic E-state index is 5.42. The van der Waals surface area contributed by atoms with Crippen LogP contribution in [0.4, 0.5) is 0 Å². The van der Waals surface area contributed by atoms with Crippen molar-refractivity contribution in [3.63, 3.8) is 0 Å². The lowest BCUT2D eigenvalue weighted by atomic mass is 9.95. The lowest BCUT2D eigenvalue weighted by molar-refractivity contribution is 0.313. The van der Waals surface area contributed by atoms with Crippen LogP contribution in [0.2, 0.25) is 0 Å². The van der Waals surface area contributed by atoms with Crippen LogP contribution in [0.3, 0.4) is 0 Å². The smallest absolute Gasteiger partial charge is 0.227 e. The molecule has 106 valence electrons. The van der Waals surface area contributed by atoms with Gasteiger partial charge in [-0.25, -0.2) is 0 Å². The highest BCUT2D eigenvalue weighted by Gasteiger charge is 2.18. The third-order valence-corrected chi connectivity index (χ3v) is 3.92. The highest BCUT2D eigenvalue weighted by molar-refractivity contribution is 5.58. The van der Waals surface area contributed by atoms with Crippen molar-refractivity contribution >= 4 is 0 Å². The second-order valence-corrected chi connectivity index (χ2v) is 5.30. The number of nitrogens with one attached hydrogen (secondary N) is 1. The van der Waals surface area contributed by atoms with Crippen molar-refractivity contribution in [3.05, 3.63) is 29.9 Å². The zero-order valence-electron chi connectivity index (χ0n) is 11.8. The zero-order valence-corrected chi connectivity index (χ0v) is 11.8. The highest BCUT2D eigenvalue weighted by atomic mass is 16.5. The fraction of sp³-hybridized carbons (Fsp3) is 0.533. The second kappa shape index (κ2) is 6.13. The topological polar surface area (TPSA) is 63.8 Å². The summed E-state index contributed by atoms with van der Waals surface area (Å²) in [6.45, 7) is 4.29. The van der Waals surface area contributed by atoms with E-state index in [1.54, 1.807) is 6.20 Å². The molecule has 0 aromatic carbocycles. The van der Waals surface area contributed by atoms with Crippen molar-refractivity contribution in [1.82, 2.24) is 20.4 Å². The molecule has 1 saturated heterocycles. The fourth-order valence-corrected chi connectivity index (χ4v) is 2.71. The standard InChI is InChI=1S/C15H20N4O/c1-2-12-10-17-8-5-13(12)15-18-14(20-19-15)9-11-3-6-16-7-4-11/h5,8,10-11,16H,2-4,6-7,9H2,1H3. The average Bonchev–Trinajstić information content (AvgIpc) is 2.96. The first kappa shape index (κ1) is 13.2. The Morgan fingerprint density at radius 3 is 3.00 bits per heavy atom. The molecule has 0 aliphatic carbocycles. The Kier molecular flexibility index (Phi) is 4.06. The van der Waals surface area contributed by atoms with E-state index in [1.165, 1.54) is 12.8 Å². The first-order chi connectivity index (χ1) is 9.86. The van der Waals surface area contributed by atoms with Crippen LogP contribution in [-0.2, 0) is 12.8 Å². The van der Waals surface area contributed by atoms with Crippen LogP contribution in [0.15, 0.2) is 23.0 Å². The molecule has 0 unspecified atom stereocenters. The SMILES string of the molecule is CCc1cnccc1-c1noc(CC2CCNCC2)n1. The summed E-state index contributed by atoms with van der Waals surface area (Å²) in [5.41, 5.74) is 2.18. The predicted octanol–water partition coefficient (Wildman–Crippen LogP) is 2.24. The summed E-state index contributed by atoms with van der Waals surface area (Å²) in [5.74, 6) is 2.10. The summed E-state index contributed by atoms with van der Waals surface area (Å²) in [7, 11) is 0. The molecule has 3 heterocycles. The van der Waals surface area contributed by atoms with Crippen LogP contribution < -0.4 is 5.32 Å². The number of pyridine rings is 1. The van der Waals surface area contributed by atoms with Crippen LogP contribution in [0.5, 0.6) is 0 Å². The quantitative estimate of drug-likeness (QED) is 0.924. The van der Waals surface area contributed by atoms with E-state index < -0.39 is 0 Å². The number of hydrogen-bond donors (Lipinski definition) is 1. The van der Waals surface area contributed by atoms with Crippen molar-refractivity contribution in [2.75, 3.05) is 13.1 Å². The Hall–Kier alpha value is -1.75. The van der Waals surface area contributed by atoms with Gasteiger partial charge in [0.2, 0.25) is 11.7 Å². The fourth-order valence-electron chi connectivity index (χ4n) is 2.71. The van der Waals surface area contributed by atoms with Crippen LogP contribution in [-0.4, -0.2) is 28.2 Å². The van der Waals surface area contributed by atoms with Gasteiger partial charge in [-0.15, -0.1) is 0 Å². The molecular weight excluding hydrogens is 252 g/mol. The zero-order chi connectivity index (χ0) is 13.8. The Labute approximate surface area is 118 Å². The third kappa shape index (κ3) is 2.88. The van der Waals surface area contributed by atoms with Gasteiger partial charge in [-0.3, -0.25) is 4.98 Å². The average molecular weight is 272 g/mol. The Bertz CT molecular complexity index is 561. The molecule has 5 heteroatoms. The van der Waals surface area contributed by atoms with E-state index in [9.17, 15) is 0 Å². The lowest BCUT2D eigenvalue weighted by Crippen LogP contribution is -2.28. The molecule has 2 aromatic heterocycles. The molecule has 20 heavy (non-hydrogen) atoms. The van der Waals surface area contributed by atoms with Crippen molar-refractivity contribution < 1.29 is 4.52 Å². The molecule has 1 N–H and O–H groups in total. The van der Waals surface area contributed by atoms with Gasteiger partial charge >= 0.3 is 0 Å². The van der Waals surface area contributed by atoms with Crippen LogP contribution >= 0.6 is 0 Å². The summed E-state index contributed by atoms with van der Waals surface area (Å²) >= 11 is 0. The van der Waals surface area contributed by atoms with Gasteiger partial charge < -0.3 is 9.84 Å². The minimum Gasteiger partial charge on any atom is -0.339 e. The number of piperidine rings is 1. The van der Waals surface area contributed by atoms with E-state index in [1.807, 2.05) is 12.3 Å². The molecule has 0 amide bonds. The first-order valence-corrected chi connectivity index (χ1v) is 7.33. The monoisotopic (exact) mass is 272 g/mol. The maximum Gasteiger partial charge on any atom is 0.227 e. The van der Waals surface area contributed by atoms with Gasteiger partial charge in [-0.2, -0.15) is 4.98 Å². The summed E-state index contributed by atoms with van der Waals surface area (Å²) in [6.07, 6.45) is 7.83. The summed E-state index contributed by atoms with van der Waals surface area (Å²) in [5, 5.41) is 7.50. The summed E-state index contributed by atoms with van der Waals surface area (Å²) in [4.78, 5) is 8.71. The molecule has 3 rings (SSSR count). The minimum atomic E-state index is 0.660. The number of aromatic nitrogens is 3. The van der Waals surface area contributed by atoms with Gasteiger partial charge in [0.05, 0.1) is 0 Å². The first-order valence-electron chi connectivity index (χ1n) is 7.33. The van der Waals surface area contributed by atoms with Gasteiger partial charge in [0.1, 0.15) is 0 Å². The molecule has 0 spiro atoms. The molecule has 0 atom stereocenters. The van der Waals surface area contributed by atoms with Gasteiger partial charge in [0, 0.05) is 24.4 Å². The van der Waals surface area contributed by atoms with Gasteiger partial charge in [0.25, 0.3) is 0 Å². The van der Waals surface area contributed by atoms with E-state index in [0.29, 0.717) is 11.7 Å². The minimum absolute atomic E-state index is 0.660. The molecule has 0 bridgehead atoms. The predicted molar refractivity (Wildman–Crippen MR) is 76.2 cm³/mol.